The summed E-state index contributed by atoms with van der Waals surface area (Å²) in [5.74, 6) is -0.788. The SMILES string of the molecule is O=C(Nc1nc(-c2ccccc2)ccc1[N+](=O)[O-])c1cnc(Cl)nc1. The van der Waals surface area contributed by atoms with E-state index in [0.717, 1.165) is 5.56 Å². The molecule has 9 heteroatoms. The summed E-state index contributed by atoms with van der Waals surface area (Å²) in [5, 5.41) is 13.6. The third kappa shape index (κ3) is 3.75. The minimum atomic E-state index is -0.627. The van der Waals surface area contributed by atoms with Crippen LogP contribution in [0.4, 0.5) is 11.5 Å². The molecular formula is C16H10ClN5O3. The maximum atomic E-state index is 12.3. The summed E-state index contributed by atoms with van der Waals surface area (Å²) < 4.78 is 0. The molecule has 25 heavy (non-hydrogen) atoms. The first-order valence-corrected chi connectivity index (χ1v) is 7.42. The standard InChI is InChI=1S/C16H10ClN5O3/c17-16-18-8-11(9-19-16)15(23)21-14-13(22(24)25)7-6-12(20-14)10-4-2-1-3-5-10/h1-9H,(H,20,21,23). The monoisotopic (exact) mass is 355 g/mol. The third-order valence-electron chi connectivity index (χ3n) is 3.25. The van der Waals surface area contributed by atoms with Gasteiger partial charge < -0.3 is 5.32 Å². The van der Waals surface area contributed by atoms with Gasteiger partial charge in [0.1, 0.15) is 0 Å². The molecule has 8 nitrogen and oxygen atoms in total. The van der Waals surface area contributed by atoms with Gasteiger partial charge in [-0.05, 0) is 17.7 Å². The van der Waals surface area contributed by atoms with Crippen molar-refractivity contribution in [1.29, 1.82) is 0 Å². The fraction of sp³-hybridized carbons (Fsp3) is 0. The van der Waals surface area contributed by atoms with Crippen LogP contribution >= 0.6 is 11.6 Å². The molecule has 0 aliphatic heterocycles. The number of pyridine rings is 1. The van der Waals surface area contributed by atoms with Crippen molar-refractivity contribution in [2.75, 3.05) is 5.32 Å². The molecule has 2 aromatic heterocycles. The lowest BCUT2D eigenvalue weighted by Gasteiger charge is -2.07. The van der Waals surface area contributed by atoms with Crippen molar-refractivity contribution < 1.29 is 9.72 Å². The number of nitrogens with one attached hydrogen (secondary N) is 1. The maximum Gasteiger partial charge on any atom is 0.311 e. The summed E-state index contributed by atoms with van der Waals surface area (Å²) in [5.41, 5.74) is 1.05. The Balaban J connectivity index is 1.96. The minimum absolute atomic E-state index is 0.00766. The molecule has 0 bridgehead atoms. The van der Waals surface area contributed by atoms with Crippen molar-refractivity contribution in [3.05, 3.63) is 75.8 Å². The molecule has 124 valence electrons. The van der Waals surface area contributed by atoms with Gasteiger partial charge in [-0.25, -0.2) is 15.0 Å². The zero-order chi connectivity index (χ0) is 17.8. The Kier molecular flexibility index (Phi) is 4.62. The molecule has 3 aromatic rings. The van der Waals surface area contributed by atoms with Gasteiger partial charge in [0.15, 0.2) is 0 Å². The lowest BCUT2D eigenvalue weighted by atomic mass is 10.1. The van der Waals surface area contributed by atoms with Crippen LogP contribution in [0.1, 0.15) is 10.4 Å². The number of rotatable bonds is 4. The van der Waals surface area contributed by atoms with Gasteiger partial charge in [-0.15, -0.1) is 0 Å². The van der Waals surface area contributed by atoms with Gasteiger partial charge in [0, 0.05) is 24.0 Å². The molecule has 0 aliphatic rings. The van der Waals surface area contributed by atoms with E-state index in [1.165, 1.54) is 24.5 Å². The largest absolute Gasteiger partial charge is 0.311 e. The fourth-order valence-electron chi connectivity index (χ4n) is 2.07. The Morgan fingerprint density at radius 2 is 1.76 bits per heavy atom. The van der Waals surface area contributed by atoms with Gasteiger partial charge in [-0.3, -0.25) is 14.9 Å². The number of hydrogen-bond acceptors (Lipinski definition) is 6. The quantitative estimate of drug-likeness (QED) is 0.436. The average molecular weight is 356 g/mol. The highest BCUT2D eigenvalue weighted by molar-refractivity contribution is 6.28. The molecule has 1 aromatic carbocycles. The van der Waals surface area contributed by atoms with Crippen LogP contribution in [0, 0.1) is 10.1 Å². The van der Waals surface area contributed by atoms with E-state index in [9.17, 15) is 14.9 Å². The first kappa shape index (κ1) is 16.5. The van der Waals surface area contributed by atoms with Crippen molar-refractivity contribution in [1.82, 2.24) is 15.0 Å². The highest BCUT2D eigenvalue weighted by Crippen LogP contribution is 2.27. The van der Waals surface area contributed by atoms with Crippen molar-refractivity contribution in [2.24, 2.45) is 0 Å². The number of amides is 1. The molecule has 0 unspecified atom stereocenters. The Hall–Kier alpha value is -3.39. The molecule has 1 N–H and O–H groups in total. The highest BCUT2D eigenvalue weighted by atomic mass is 35.5. The molecule has 0 saturated carbocycles. The number of aromatic nitrogens is 3. The van der Waals surface area contributed by atoms with Crippen LogP contribution in [0.25, 0.3) is 11.3 Å². The van der Waals surface area contributed by atoms with E-state index in [0.29, 0.717) is 5.69 Å². The third-order valence-corrected chi connectivity index (χ3v) is 3.45. The normalized spacial score (nSPS) is 10.3. The molecule has 3 rings (SSSR count). The number of hydrogen-bond donors (Lipinski definition) is 1. The zero-order valence-corrected chi connectivity index (χ0v) is 13.3. The van der Waals surface area contributed by atoms with Gasteiger partial charge in [0.25, 0.3) is 5.91 Å². The maximum absolute atomic E-state index is 12.3. The van der Waals surface area contributed by atoms with Crippen molar-refractivity contribution in [3.8, 4) is 11.3 Å². The Labute approximate surface area is 146 Å². The van der Waals surface area contributed by atoms with Crippen LogP contribution in [-0.2, 0) is 0 Å². The average Bonchev–Trinajstić information content (AvgIpc) is 2.62. The molecule has 0 spiro atoms. The second-order valence-electron chi connectivity index (χ2n) is 4.88. The number of nitrogens with zero attached hydrogens (tertiary/aromatic N) is 4. The summed E-state index contributed by atoms with van der Waals surface area (Å²) in [6, 6.07) is 11.9. The Bertz CT molecular complexity index is 932. The molecule has 0 saturated heterocycles. The van der Waals surface area contributed by atoms with E-state index < -0.39 is 10.8 Å². The van der Waals surface area contributed by atoms with Crippen molar-refractivity contribution in [3.63, 3.8) is 0 Å². The zero-order valence-electron chi connectivity index (χ0n) is 12.6. The molecule has 1 amide bonds. The molecular weight excluding hydrogens is 346 g/mol. The van der Waals surface area contributed by atoms with Crippen LogP contribution in [0.2, 0.25) is 5.28 Å². The number of halogens is 1. The first-order chi connectivity index (χ1) is 12.0. The number of carbonyl (C=O) groups is 1. The molecule has 0 aliphatic carbocycles. The highest BCUT2D eigenvalue weighted by Gasteiger charge is 2.20. The lowest BCUT2D eigenvalue weighted by Crippen LogP contribution is -2.15. The number of benzene rings is 1. The van der Waals surface area contributed by atoms with Crippen LogP contribution in [0.5, 0.6) is 0 Å². The number of carbonyl (C=O) groups excluding carboxylic acids is 1. The number of nitro groups is 1. The van der Waals surface area contributed by atoms with Crippen molar-refractivity contribution in [2.45, 2.75) is 0 Å². The smallest absolute Gasteiger partial charge is 0.301 e. The Morgan fingerprint density at radius 1 is 1.08 bits per heavy atom. The van der Waals surface area contributed by atoms with Crippen LogP contribution in [-0.4, -0.2) is 25.8 Å². The fourth-order valence-corrected chi connectivity index (χ4v) is 2.17. The first-order valence-electron chi connectivity index (χ1n) is 7.04. The molecule has 2 heterocycles. The summed E-state index contributed by atoms with van der Waals surface area (Å²) in [6.45, 7) is 0. The summed E-state index contributed by atoms with van der Waals surface area (Å²) in [7, 11) is 0. The van der Waals surface area contributed by atoms with Gasteiger partial charge in [0.2, 0.25) is 11.1 Å². The summed E-state index contributed by atoms with van der Waals surface area (Å²) >= 11 is 5.58. The van der Waals surface area contributed by atoms with Gasteiger partial charge in [-0.1, -0.05) is 30.3 Å². The molecule has 0 atom stereocenters. The Morgan fingerprint density at radius 3 is 2.40 bits per heavy atom. The molecule has 0 radical (unpaired) electrons. The predicted molar refractivity (Wildman–Crippen MR) is 91.3 cm³/mol. The van der Waals surface area contributed by atoms with Gasteiger partial charge in [-0.2, -0.15) is 0 Å². The minimum Gasteiger partial charge on any atom is -0.301 e. The topological polar surface area (TPSA) is 111 Å². The predicted octanol–water partition coefficient (Wildman–Crippen LogP) is 3.35. The van der Waals surface area contributed by atoms with E-state index in [1.807, 2.05) is 30.3 Å². The molecule has 0 fully saturated rings. The summed E-state index contributed by atoms with van der Waals surface area (Å²) in [6.07, 6.45) is 2.44. The van der Waals surface area contributed by atoms with E-state index in [1.54, 1.807) is 0 Å². The second kappa shape index (κ2) is 7.02. The lowest BCUT2D eigenvalue weighted by molar-refractivity contribution is -0.384. The number of anilines is 1. The van der Waals surface area contributed by atoms with Gasteiger partial charge in [0.05, 0.1) is 16.2 Å². The van der Waals surface area contributed by atoms with Crippen molar-refractivity contribution >= 4 is 29.0 Å². The second-order valence-corrected chi connectivity index (χ2v) is 5.22. The van der Waals surface area contributed by atoms with Crippen LogP contribution in [0.3, 0.4) is 0 Å². The summed E-state index contributed by atoms with van der Waals surface area (Å²) in [4.78, 5) is 34.5. The van der Waals surface area contributed by atoms with Gasteiger partial charge >= 0.3 is 5.69 Å². The van der Waals surface area contributed by atoms with E-state index in [-0.39, 0.29) is 22.4 Å². The van der Waals surface area contributed by atoms with E-state index in [2.05, 4.69) is 20.3 Å². The van der Waals surface area contributed by atoms with Crippen LogP contribution < -0.4 is 5.32 Å². The van der Waals surface area contributed by atoms with Crippen LogP contribution in [0.15, 0.2) is 54.9 Å². The van der Waals surface area contributed by atoms with E-state index in [4.69, 9.17) is 11.6 Å². The van der Waals surface area contributed by atoms with E-state index >= 15 is 0 Å².